The van der Waals surface area contributed by atoms with Gasteiger partial charge in [-0.25, -0.2) is 10.9 Å². The molecule has 56 valence electrons. The highest BCUT2D eigenvalue weighted by Crippen LogP contribution is 1.85. The second-order valence-electron chi connectivity index (χ2n) is 1.88. The van der Waals surface area contributed by atoms with E-state index in [1.165, 1.54) is 6.33 Å². The van der Waals surface area contributed by atoms with Gasteiger partial charge < -0.3 is 4.84 Å². The van der Waals surface area contributed by atoms with Crippen LogP contribution in [0.3, 0.4) is 0 Å². The average molecular weight is 142 g/mol. The van der Waals surface area contributed by atoms with Crippen molar-refractivity contribution in [2.24, 2.45) is 5.90 Å². The second-order valence-corrected chi connectivity index (χ2v) is 1.88. The summed E-state index contributed by atoms with van der Waals surface area (Å²) in [5.41, 5.74) is 0. The highest BCUT2D eigenvalue weighted by Gasteiger charge is 1.89. The molecule has 0 saturated carbocycles. The van der Waals surface area contributed by atoms with E-state index in [0.29, 0.717) is 6.61 Å². The molecule has 5 nitrogen and oxygen atoms in total. The third kappa shape index (κ3) is 2.12. The van der Waals surface area contributed by atoms with Gasteiger partial charge in [-0.2, -0.15) is 5.10 Å². The van der Waals surface area contributed by atoms with Gasteiger partial charge in [0.1, 0.15) is 12.7 Å². The van der Waals surface area contributed by atoms with Crippen molar-refractivity contribution >= 4 is 0 Å². The lowest BCUT2D eigenvalue weighted by Gasteiger charge is -1.97. The molecule has 10 heavy (non-hydrogen) atoms. The van der Waals surface area contributed by atoms with E-state index >= 15 is 0 Å². The van der Waals surface area contributed by atoms with Crippen molar-refractivity contribution < 1.29 is 4.84 Å². The van der Waals surface area contributed by atoms with Crippen molar-refractivity contribution in [1.82, 2.24) is 14.8 Å². The van der Waals surface area contributed by atoms with Crippen LogP contribution < -0.4 is 5.90 Å². The molecule has 0 aliphatic rings. The number of hydrogen-bond donors (Lipinski definition) is 1. The first-order valence-corrected chi connectivity index (χ1v) is 3.07. The highest BCUT2D eigenvalue weighted by atomic mass is 16.6. The summed E-state index contributed by atoms with van der Waals surface area (Å²) in [6.45, 7) is 1.36. The maximum atomic E-state index is 4.82. The minimum atomic E-state index is 0.555. The summed E-state index contributed by atoms with van der Waals surface area (Å²) >= 11 is 0. The average Bonchev–Trinajstić information content (AvgIpc) is 2.41. The molecule has 0 fully saturated rings. The standard InChI is InChI=1S/C5H10N4O/c6-10-3-1-2-9-5-7-4-8-9/h4-5H,1-3,6H2. The number of nitrogens with zero attached hydrogens (tertiary/aromatic N) is 3. The van der Waals surface area contributed by atoms with Gasteiger partial charge in [0.15, 0.2) is 0 Å². The molecule has 5 heteroatoms. The summed E-state index contributed by atoms with van der Waals surface area (Å²) in [4.78, 5) is 8.16. The van der Waals surface area contributed by atoms with Gasteiger partial charge in [-0.15, -0.1) is 0 Å². The fourth-order valence-electron chi connectivity index (χ4n) is 0.658. The van der Waals surface area contributed by atoms with Crippen molar-refractivity contribution in [3.05, 3.63) is 12.7 Å². The zero-order chi connectivity index (χ0) is 7.23. The molecular weight excluding hydrogens is 132 g/mol. The minimum Gasteiger partial charge on any atom is -0.305 e. The molecule has 1 heterocycles. The summed E-state index contributed by atoms with van der Waals surface area (Å²) < 4.78 is 1.74. The van der Waals surface area contributed by atoms with Crippen LogP contribution in [0, 0.1) is 0 Å². The summed E-state index contributed by atoms with van der Waals surface area (Å²) in [6.07, 6.45) is 4.03. The van der Waals surface area contributed by atoms with E-state index in [-0.39, 0.29) is 0 Å². The normalized spacial score (nSPS) is 10.1. The quantitative estimate of drug-likeness (QED) is 0.457. The first-order valence-electron chi connectivity index (χ1n) is 3.07. The Morgan fingerprint density at radius 1 is 1.60 bits per heavy atom. The van der Waals surface area contributed by atoms with Crippen LogP contribution in [0.2, 0.25) is 0 Å². The lowest BCUT2D eigenvalue weighted by atomic mass is 10.5. The van der Waals surface area contributed by atoms with Crippen LogP contribution in [0.25, 0.3) is 0 Å². The topological polar surface area (TPSA) is 66.0 Å². The van der Waals surface area contributed by atoms with Crippen LogP contribution in [0.1, 0.15) is 6.42 Å². The first kappa shape index (κ1) is 7.17. The van der Waals surface area contributed by atoms with Crippen LogP contribution in [0.4, 0.5) is 0 Å². The van der Waals surface area contributed by atoms with Gasteiger partial charge in [0.05, 0.1) is 6.61 Å². The minimum absolute atomic E-state index is 0.555. The molecule has 1 aromatic heterocycles. The Hall–Kier alpha value is -0.940. The van der Waals surface area contributed by atoms with Gasteiger partial charge >= 0.3 is 0 Å². The fraction of sp³-hybridized carbons (Fsp3) is 0.600. The predicted molar refractivity (Wildman–Crippen MR) is 34.8 cm³/mol. The third-order valence-corrected chi connectivity index (χ3v) is 1.12. The number of aryl methyl sites for hydroxylation is 1. The number of aromatic nitrogens is 3. The van der Waals surface area contributed by atoms with Crippen molar-refractivity contribution in [2.75, 3.05) is 6.61 Å². The molecule has 0 saturated heterocycles. The third-order valence-electron chi connectivity index (χ3n) is 1.12. The zero-order valence-electron chi connectivity index (χ0n) is 5.60. The molecule has 0 unspecified atom stereocenters. The molecule has 0 amide bonds. The fourth-order valence-corrected chi connectivity index (χ4v) is 0.658. The molecule has 0 aliphatic heterocycles. The predicted octanol–water partition coefficient (Wildman–Crippen LogP) is -0.442. The van der Waals surface area contributed by atoms with Crippen molar-refractivity contribution in [2.45, 2.75) is 13.0 Å². The Kier molecular flexibility index (Phi) is 2.85. The van der Waals surface area contributed by atoms with Gasteiger partial charge in [0, 0.05) is 6.54 Å². The molecule has 0 aliphatic carbocycles. The molecule has 0 aromatic carbocycles. The summed E-state index contributed by atoms with van der Waals surface area (Å²) in [7, 11) is 0. The van der Waals surface area contributed by atoms with Crippen LogP contribution in [0.15, 0.2) is 12.7 Å². The van der Waals surface area contributed by atoms with Crippen LogP contribution >= 0.6 is 0 Å². The van der Waals surface area contributed by atoms with E-state index < -0.39 is 0 Å². The van der Waals surface area contributed by atoms with E-state index in [1.54, 1.807) is 11.0 Å². The second kappa shape index (κ2) is 3.97. The van der Waals surface area contributed by atoms with Gasteiger partial charge in [-0.3, -0.25) is 4.68 Å². The summed E-state index contributed by atoms with van der Waals surface area (Å²) in [5.74, 6) is 4.82. The number of rotatable bonds is 4. The van der Waals surface area contributed by atoms with Crippen molar-refractivity contribution in [3.8, 4) is 0 Å². The van der Waals surface area contributed by atoms with Gasteiger partial charge in [-0.05, 0) is 6.42 Å². The van der Waals surface area contributed by atoms with E-state index in [0.717, 1.165) is 13.0 Å². The lowest BCUT2D eigenvalue weighted by Crippen LogP contribution is -2.05. The molecule has 1 aromatic rings. The van der Waals surface area contributed by atoms with Crippen LogP contribution in [-0.2, 0) is 11.4 Å². The molecule has 2 N–H and O–H groups in total. The number of hydrogen-bond acceptors (Lipinski definition) is 4. The van der Waals surface area contributed by atoms with Gasteiger partial charge in [0.25, 0.3) is 0 Å². The monoisotopic (exact) mass is 142 g/mol. The Labute approximate surface area is 58.8 Å². The molecule has 0 spiro atoms. The largest absolute Gasteiger partial charge is 0.305 e. The van der Waals surface area contributed by atoms with Gasteiger partial charge in [-0.1, -0.05) is 0 Å². The van der Waals surface area contributed by atoms with E-state index in [1.807, 2.05) is 0 Å². The van der Waals surface area contributed by atoms with E-state index in [2.05, 4.69) is 14.9 Å². The molecular formula is C5H10N4O. The Balaban J connectivity index is 2.15. The highest BCUT2D eigenvalue weighted by molar-refractivity contribution is 4.54. The Bertz CT molecular complexity index is 162. The molecule has 0 radical (unpaired) electrons. The Morgan fingerprint density at radius 2 is 2.50 bits per heavy atom. The van der Waals surface area contributed by atoms with Crippen LogP contribution in [-0.4, -0.2) is 21.4 Å². The van der Waals surface area contributed by atoms with Crippen LogP contribution in [0.5, 0.6) is 0 Å². The van der Waals surface area contributed by atoms with E-state index in [4.69, 9.17) is 5.90 Å². The maximum absolute atomic E-state index is 4.82. The van der Waals surface area contributed by atoms with Gasteiger partial charge in [0.2, 0.25) is 0 Å². The maximum Gasteiger partial charge on any atom is 0.137 e. The van der Waals surface area contributed by atoms with Crippen molar-refractivity contribution in [3.63, 3.8) is 0 Å². The molecule has 0 atom stereocenters. The van der Waals surface area contributed by atoms with Crippen molar-refractivity contribution in [1.29, 1.82) is 0 Å². The Morgan fingerprint density at radius 3 is 3.10 bits per heavy atom. The smallest absolute Gasteiger partial charge is 0.137 e. The summed E-state index contributed by atoms with van der Waals surface area (Å²) in [6, 6.07) is 0. The van der Waals surface area contributed by atoms with E-state index in [9.17, 15) is 0 Å². The number of nitrogens with two attached hydrogens (primary N) is 1. The zero-order valence-corrected chi connectivity index (χ0v) is 5.60. The molecule has 0 bridgehead atoms. The lowest BCUT2D eigenvalue weighted by molar-refractivity contribution is 0.131. The SMILES string of the molecule is NOCCCn1cncn1. The summed E-state index contributed by atoms with van der Waals surface area (Å²) in [5, 5.41) is 3.90. The molecule has 1 rings (SSSR count). The first-order chi connectivity index (χ1) is 4.93.